The van der Waals surface area contributed by atoms with E-state index in [0.29, 0.717) is 0 Å². The molecule has 1 aliphatic rings. The van der Waals surface area contributed by atoms with Crippen LogP contribution in [0.25, 0.3) is 0 Å². The molecule has 1 aromatic carbocycles. The van der Waals surface area contributed by atoms with E-state index in [2.05, 4.69) is 9.46 Å². The zero-order valence-electron chi connectivity index (χ0n) is 11.6. The van der Waals surface area contributed by atoms with Crippen molar-refractivity contribution in [1.82, 2.24) is 15.0 Å². The van der Waals surface area contributed by atoms with Gasteiger partial charge in [0, 0.05) is 6.04 Å². The summed E-state index contributed by atoms with van der Waals surface area (Å²) in [6, 6.07) is 4.57. The number of benzene rings is 1. The minimum Gasteiger partial charge on any atom is -0.452 e. The van der Waals surface area contributed by atoms with Gasteiger partial charge in [-0.3, -0.25) is 0 Å². The number of carbonyl (C=O) groups excluding carboxylic acids is 1. The quantitative estimate of drug-likeness (QED) is 0.603. The average molecular weight is 349 g/mol. The van der Waals surface area contributed by atoms with Crippen LogP contribution in [-0.4, -0.2) is 36.1 Å². The number of rotatable bonds is 6. The second-order valence-corrected chi connectivity index (χ2v) is 7.99. The van der Waals surface area contributed by atoms with Crippen LogP contribution in [0.5, 0.6) is 0 Å². The fourth-order valence-electron chi connectivity index (χ4n) is 1.51. The fraction of sp³-hybridized carbons (Fsp3) is 0.364. The second-order valence-electron chi connectivity index (χ2n) is 4.59. The van der Waals surface area contributed by atoms with Gasteiger partial charge in [-0.1, -0.05) is 0 Å². The third-order valence-electron chi connectivity index (χ3n) is 2.82. The van der Waals surface area contributed by atoms with Crippen molar-refractivity contribution in [2.75, 3.05) is 7.11 Å². The fourth-order valence-corrected chi connectivity index (χ4v) is 3.64. The summed E-state index contributed by atoms with van der Waals surface area (Å²) in [6.07, 6.45) is 0.625. The van der Waals surface area contributed by atoms with E-state index >= 15 is 0 Å². The van der Waals surface area contributed by atoms with E-state index in [0.717, 1.165) is 32.1 Å². The van der Waals surface area contributed by atoms with Gasteiger partial charge in [-0.05, 0) is 37.1 Å². The van der Waals surface area contributed by atoms with Crippen LogP contribution < -0.4 is 15.0 Å². The monoisotopic (exact) mass is 349 g/mol. The van der Waals surface area contributed by atoms with Gasteiger partial charge in [0.1, 0.15) is 0 Å². The van der Waals surface area contributed by atoms with Gasteiger partial charge in [-0.15, -0.1) is 4.83 Å². The largest absolute Gasteiger partial charge is 0.452 e. The Morgan fingerprint density at radius 3 is 2.00 bits per heavy atom. The van der Waals surface area contributed by atoms with Crippen LogP contribution in [0, 0.1) is 0 Å². The van der Waals surface area contributed by atoms with Gasteiger partial charge < -0.3 is 4.74 Å². The molecule has 11 heteroatoms. The Morgan fingerprint density at radius 2 is 1.55 bits per heavy atom. The van der Waals surface area contributed by atoms with Crippen molar-refractivity contribution in [3.05, 3.63) is 24.3 Å². The Morgan fingerprint density at radius 1 is 1.05 bits per heavy atom. The zero-order chi connectivity index (χ0) is 16.4. The van der Waals surface area contributed by atoms with E-state index in [-0.39, 0.29) is 15.8 Å². The Balaban J connectivity index is 2.12. The molecule has 1 fully saturated rings. The van der Waals surface area contributed by atoms with Crippen molar-refractivity contribution >= 4 is 26.1 Å². The molecule has 0 aromatic heterocycles. The van der Waals surface area contributed by atoms with E-state index in [1.54, 1.807) is 0 Å². The molecule has 0 atom stereocenters. The normalized spacial score (nSPS) is 15.3. The highest BCUT2D eigenvalue weighted by atomic mass is 32.2. The lowest BCUT2D eigenvalue weighted by Crippen LogP contribution is -2.41. The summed E-state index contributed by atoms with van der Waals surface area (Å²) in [6.45, 7) is 0. The van der Waals surface area contributed by atoms with E-state index in [1.807, 2.05) is 10.3 Å². The molecule has 0 bridgehead atoms. The van der Waals surface area contributed by atoms with Gasteiger partial charge in [-0.25, -0.2) is 31.8 Å². The number of sulfonamides is 2. The summed E-state index contributed by atoms with van der Waals surface area (Å²) in [4.78, 5) is 12.4. The Bertz CT molecular complexity index is 754. The molecule has 2 rings (SSSR count). The van der Waals surface area contributed by atoms with E-state index < -0.39 is 26.1 Å². The van der Waals surface area contributed by atoms with Crippen LogP contribution in [0.4, 0.5) is 4.79 Å². The first-order chi connectivity index (χ1) is 10.2. The first-order valence-electron chi connectivity index (χ1n) is 6.23. The molecule has 0 unspecified atom stereocenters. The number of amides is 1. The van der Waals surface area contributed by atoms with E-state index in [4.69, 9.17) is 0 Å². The molecule has 1 aliphatic carbocycles. The molecule has 0 radical (unpaired) electrons. The lowest BCUT2D eigenvalue weighted by molar-refractivity contribution is 0.169. The molecule has 0 heterocycles. The van der Waals surface area contributed by atoms with Crippen LogP contribution in [0.3, 0.4) is 0 Å². The minimum absolute atomic E-state index is 0.0284. The maximum Gasteiger partial charge on any atom is 0.422 e. The van der Waals surface area contributed by atoms with Crippen molar-refractivity contribution in [1.29, 1.82) is 0 Å². The molecule has 3 N–H and O–H groups in total. The zero-order valence-corrected chi connectivity index (χ0v) is 13.2. The standard InChI is InChI=1S/C11H15N3O6S2/c1-20-11(15)12-14-22(18,19)10-6-4-9(5-7-10)21(16,17)13-8-2-3-8/h4-8,13-14H,2-3H2,1H3,(H,12,15). The summed E-state index contributed by atoms with van der Waals surface area (Å²) in [5.41, 5.74) is 1.82. The van der Waals surface area contributed by atoms with Gasteiger partial charge in [0.05, 0.1) is 16.9 Å². The highest BCUT2D eigenvalue weighted by Crippen LogP contribution is 2.22. The second kappa shape index (κ2) is 6.20. The smallest absolute Gasteiger partial charge is 0.422 e. The van der Waals surface area contributed by atoms with Crippen LogP contribution in [0.1, 0.15) is 12.8 Å². The van der Waals surface area contributed by atoms with Crippen LogP contribution in [0.2, 0.25) is 0 Å². The van der Waals surface area contributed by atoms with Gasteiger partial charge in [0.2, 0.25) is 10.0 Å². The highest BCUT2D eigenvalue weighted by molar-refractivity contribution is 7.90. The van der Waals surface area contributed by atoms with Gasteiger partial charge in [0.25, 0.3) is 10.0 Å². The number of hydrogen-bond acceptors (Lipinski definition) is 6. The number of ether oxygens (including phenoxy) is 1. The molecule has 122 valence electrons. The van der Waals surface area contributed by atoms with Crippen LogP contribution in [-0.2, 0) is 24.8 Å². The van der Waals surface area contributed by atoms with E-state index in [9.17, 15) is 21.6 Å². The Labute approximate surface area is 128 Å². The molecule has 1 aromatic rings. The van der Waals surface area contributed by atoms with Crippen molar-refractivity contribution < 1.29 is 26.4 Å². The van der Waals surface area contributed by atoms with Gasteiger partial charge in [0.15, 0.2) is 0 Å². The van der Waals surface area contributed by atoms with Crippen molar-refractivity contribution in [2.24, 2.45) is 0 Å². The molecule has 0 aliphatic heterocycles. The molecule has 22 heavy (non-hydrogen) atoms. The van der Waals surface area contributed by atoms with E-state index in [1.165, 1.54) is 12.1 Å². The van der Waals surface area contributed by atoms with Crippen LogP contribution in [0.15, 0.2) is 34.1 Å². The number of nitrogens with one attached hydrogen (secondary N) is 3. The lowest BCUT2D eigenvalue weighted by atomic mass is 10.4. The summed E-state index contributed by atoms with van der Waals surface area (Å²) in [5.74, 6) is 0. The third-order valence-corrected chi connectivity index (χ3v) is 5.62. The molecule has 1 amide bonds. The maximum absolute atomic E-state index is 11.9. The lowest BCUT2D eigenvalue weighted by Gasteiger charge is -2.09. The SMILES string of the molecule is COC(=O)NNS(=O)(=O)c1ccc(S(=O)(=O)NC2CC2)cc1. The van der Waals surface area contributed by atoms with Gasteiger partial charge >= 0.3 is 6.09 Å². The molecule has 0 saturated heterocycles. The molecule has 1 saturated carbocycles. The van der Waals surface area contributed by atoms with Crippen molar-refractivity contribution in [3.63, 3.8) is 0 Å². The summed E-state index contributed by atoms with van der Waals surface area (Å²) < 4.78 is 54.3. The third kappa shape index (κ3) is 4.16. The minimum atomic E-state index is -4.02. The maximum atomic E-state index is 11.9. The molecule has 0 spiro atoms. The number of methoxy groups -OCH3 is 1. The summed E-state index contributed by atoms with van der Waals surface area (Å²) >= 11 is 0. The van der Waals surface area contributed by atoms with Gasteiger partial charge in [-0.2, -0.15) is 0 Å². The first-order valence-corrected chi connectivity index (χ1v) is 9.19. The Hall–Kier alpha value is -1.69. The van der Waals surface area contributed by atoms with Crippen molar-refractivity contribution in [3.8, 4) is 0 Å². The average Bonchev–Trinajstić information content (AvgIpc) is 3.28. The molecular weight excluding hydrogens is 334 g/mol. The van der Waals surface area contributed by atoms with Crippen LogP contribution >= 0.6 is 0 Å². The number of hydrogen-bond donors (Lipinski definition) is 3. The number of carbonyl (C=O) groups is 1. The molecular formula is C11H15N3O6S2. The first kappa shape index (κ1) is 16.7. The molecule has 9 nitrogen and oxygen atoms in total. The highest BCUT2D eigenvalue weighted by Gasteiger charge is 2.28. The number of hydrazine groups is 1. The predicted molar refractivity (Wildman–Crippen MR) is 75.6 cm³/mol. The summed E-state index contributed by atoms with van der Waals surface area (Å²) in [7, 11) is -6.58. The van der Waals surface area contributed by atoms with Crippen molar-refractivity contribution in [2.45, 2.75) is 28.7 Å². The topological polar surface area (TPSA) is 131 Å². The Kier molecular flexibility index (Phi) is 4.70. The summed E-state index contributed by atoms with van der Waals surface area (Å²) in [5, 5.41) is 0. The predicted octanol–water partition coefficient (Wildman–Crippen LogP) is -0.323.